The molecule has 0 radical (unpaired) electrons. The number of ether oxygens (including phenoxy) is 1. The monoisotopic (exact) mass is 279 g/mol. The number of hydrogen-bond acceptors (Lipinski definition) is 4. The Kier molecular flexibility index (Phi) is 5.70. The van der Waals surface area contributed by atoms with Gasteiger partial charge in [-0.15, -0.1) is 0 Å². The summed E-state index contributed by atoms with van der Waals surface area (Å²) in [7, 11) is 2.90. The summed E-state index contributed by atoms with van der Waals surface area (Å²) in [6.45, 7) is 3.73. The number of esters is 1. The van der Waals surface area contributed by atoms with E-state index in [1.54, 1.807) is 31.3 Å². The van der Waals surface area contributed by atoms with Crippen LogP contribution >= 0.6 is 0 Å². The van der Waals surface area contributed by atoms with Gasteiger partial charge in [-0.2, -0.15) is 0 Å². The van der Waals surface area contributed by atoms with E-state index in [0.29, 0.717) is 0 Å². The van der Waals surface area contributed by atoms with Crippen molar-refractivity contribution in [3.8, 4) is 0 Å². The van der Waals surface area contributed by atoms with Crippen LogP contribution in [-0.2, 0) is 4.74 Å². The number of hydrogen-bond donors (Lipinski definition) is 1. The van der Waals surface area contributed by atoms with Gasteiger partial charge in [0.25, 0.3) is 5.91 Å². The highest BCUT2D eigenvalue weighted by Crippen LogP contribution is 2.16. The lowest BCUT2D eigenvalue weighted by Crippen LogP contribution is -2.43. The highest BCUT2D eigenvalue weighted by molar-refractivity contribution is 6.05. The number of methoxy groups -OCH3 is 1. The molecule has 1 amide bonds. The Morgan fingerprint density at radius 3 is 2.25 bits per heavy atom. The summed E-state index contributed by atoms with van der Waals surface area (Å²) in [6, 6.07) is 6.20. The van der Waals surface area contributed by atoms with Gasteiger partial charge in [0.05, 0.1) is 30.9 Å². The fourth-order valence-corrected chi connectivity index (χ4v) is 2.08. The molecule has 0 aliphatic carbocycles. The predicted molar refractivity (Wildman–Crippen MR) is 75.6 cm³/mol. The van der Waals surface area contributed by atoms with Crippen LogP contribution in [0.4, 0.5) is 0 Å². The molecule has 20 heavy (non-hydrogen) atoms. The predicted octanol–water partition coefficient (Wildman–Crippen LogP) is 1.56. The molecule has 1 unspecified atom stereocenters. The van der Waals surface area contributed by atoms with Crippen molar-refractivity contribution in [2.24, 2.45) is 5.92 Å². The van der Waals surface area contributed by atoms with Gasteiger partial charge in [0.1, 0.15) is 0 Å². The zero-order valence-electron chi connectivity index (χ0n) is 12.3. The summed E-state index contributed by atoms with van der Waals surface area (Å²) in [5, 5.41) is 9.40. The Morgan fingerprint density at radius 1 is 1.25 bits per heavy atom. The Morgan fingerprint density at radius 2 is 1.80 bits per heavy atom. The molecule has 110 valence electrons. The van der Waals surface area contributed by atoms with E-state index in [1.807, 2.05) is 13.8 Å². The van der Waals surface area contributed by atoms with Gasteiger partial charge in [0, 0.05) is 7.05 Å². The fraction of sp³-hybridized carbons (Fsp3) is 0.467. The minimum absolute atomic E-state index is 0.110. The molecular formula is C15H21NO4. The maximum atomic E-state index is 12.5. The first kappa shape index (κ1) is 16.2. The minimum Gasteiger partial charge on any atom is -0.465 e. The Labute approximate surface area is 119 Å². The fourth-order valence-electron chi connectivity index (χ4n) is 2.08. The van der Waals surface area contributed by atoms with Crippen molar-refractivity contribution < 1.29 is 19.4 Å². The Balaban J connectivity index is 3.12. The highest BCUT2D eigenvalue weighted by Gasteiger charge is 2.26. The van der Waals surface area contributed by atoms with E-state index >= 15 is 0 Å². The van der Waals surface area contributed by atoms with Crippen LogP contribution in [-0.4, -0.2) is 48.7 Å². The van der Waals surface area contributed by atoms with Gasteiger partial charge in [-0.05, 0) is 18.1 Å². The summed E-state index contributed by atoms with van der Waals surface area (Å²) in [4.78, 5) is 25.7. The smallest absolute Gasteiger partial charge is 0.338 e. The van der Waals surface area contributed by atoms with Crippen LogP contribution in [0, 0.1) is 5.92 Å². The highest BCUT2D eigenvalue weighted by atomic mass is 16.5. The van der Waals surface area contributed by atoms with Gasteiger partial charge in [-0.3, -0.25) is 4.79 Å². The summed E-state index contributed by atoms with van der Waals surface area (Å²) < 4.78 is 4.68. The molecule has 5 heteroatoms. The SMILES string of the molecule is COC(=O)c1ccccc1C(=O)N(C)C(CO)C(C)C. The Bertz CT molecular complexity index is 485. The molecule has 0 aliphatic rings. The number of aliphatic hydroxyl groups is 1. The Hall–Kier alpha value is -1.88. The van der Waals surface area contributed by atoms with E-state index in [-0.39, 0.29) is 35.6 Å². The van der Waals surface area contributed by atoms with E-state index in [0.717, 1.165) is 0 Å². The van der Waals surface area contributed by atoms with E-state index in [4.69, 9.17) is 0 Å². The van der Waals surface area contributed by atoms with Gasteiger partial charge >= 0.3 is 5.97 Å². The van der Waals surface area contributed by atoms with Crippen LogP contribution in [0.2, 0.25) is 0 Å². The molecule has 1 rings (SSSR count). The minimum atomic E-state index is -0.549. The molecule has 0 heterocycles. The van der Waals surface area contributed by atoms with Crippen LogP contribution in [0.3, 0.4) is 0 Å². The average Bonchev–Trinajstić information content (AvgIpc) is 2.45. The number of rotatable bonds is 5. The van der Waals surface area contributed by atoms with Gasteiger partial charge in [-0.1, -0.05) is 26.0 Å². The number of nitrogens with zero attached hydrogens (tertiary/aromatic N) is 1. The standard InChI is InChI=1S/C15H21NO4/c1-10(2)13(9-17)16(3)14(18)11-7-5-6-8-12(11)15(19)20-4/h5-8,10,13,17H,9H2,1-4H3. The molecule has 0 saturated carbocycles. The van der Waals surface area contributed by atoms with Crippen molar-refractivity contribution in [1.82, 2.24) is 4.90 Å². The molecule has 1 atom stereocenters. The number of amides is 1. The van der Waals surface area contributed by atoms with Crippen molar-refractivity contribution in [3.05, 3.63) is 35.4 Å². The lowest BCUT2D eigenvalue weighted by molar-refractivity contribution is 0.0554. The number of likely N-dealkylation sites (N-methyl/N-ethyl adjacent to an activating group) is 1. The first-order valence-electron chi connectivity index (χ1n) is 6.49. The molecule has 0 aromatic heterocycles. The number of benzene rings is 1. The summed E-state index contributed by atoms with van der Waals surface area (Å²) in [5.74, 6) is -0.745. The van der Waals surface area contributed by atoms with E-state index in [1.165, 1.54) is 12.0 Å². The molecular weight excluding hydrogens is 258 g/mol. The van der Waals surface area contributed by atoms with E-state index < -0.39 is 5.97 Å². The van der Waals surface area contributed by atoms with Crippen molar-refractivity contribution in [2.75, 3.05) is 20.8 Å². The molecule has 5 nitrogen and oxygen atoms in total. The summed E-state index contributed by atoms with van der Waals surface area (Å²) >= 11 is 0. The van der Waals surface area contributed by atoms with Crippen LogP contribution in [0.15, 0.2) is 24.3 Å². The first-order chi connectivity index (χ1) is 9.43. The number of carbonyl (C=O) groups is 2. The molecule has 0 bridgehead atoms. The number of aliphatic hydroxyl groups excluding tert-OH is 1. The lowest BCUT2D eigenvalue weighted by atomic mass is 10.0. The van der Waals surface area contributed by atoms with Crippen molar-refractivity contribution in [3.63, 3.8) is 0 Å². The van der Waals surface area contributed by atoms with Crippen LogP contribution in [0.5, 0.6) is 0 Å². The first-order valence-corrected chi connectivity index (χ1v) is 6.49. The normalized spacial score (nSPS) is 12.1. The third-order valence-electron chi connectivity index (χ3n) is 3.34. The van der Waals surface area contributed by atoms with E-state index in [9.17, 15) is 14.7 Å². The zero-order chi connectivity index (χ0) is 15.3. The topological polar surface area (TPSA) is 66.8 Å². The molecule has 0 spiro atoms. The second-order valence-electron chi connectivity index (χ2n) is 4.95. The van der Waals surface area contributed by atoms with Gasteiger partial charge in [-0.25, -0.2) is 4.79 Å². The number of carbonyl (C=O) groups excluding carboxylic acids is 2. The lowest BCUT2D eigenvalue weighted by Gasteiger charge is -2.30. The molecule has 1 N–H and O–H groups in total. The molecule has 0 aliphatic heterocycles. The maximum absolute atomic E-state index is 12.5. The van der Waals surface area contributed by atoms with Crippen molar-refractivity contribution in [1.29, 1.82) is 0 Å². The molecule has 0 fully saturated rings. The second kappa shape index (κ2) is 7.05. The van der Waals surface area contributed by atoms with Crippen molar-refractivity contribution in [2.45, 2.75) is 19.9 Å². The zero-order valence-corrected chi connectivity index (χ0v) is 12.3. The summed E-state index contributed by atoms with van der Waals surface area (Å²) in [5.41, 5.74) is 0.508. The summed E-state index contributed by atoms with van der Waals surface area (Å²) in [6.07, 6.45) is 0. The van der Waals surface area contributed by atoms with Gasteiger partial charge in [0.15, 0.2) is 0 Å². The second-order valence-corrected chi connectivity index (χ2v) is 4.95. The van der Waals surface area contributed by atoms with E-state index in [2.05, 4.69) is 4.74 Å². The maximum Gasteiger partial charge on any atom is 0.338 e. The van der Waals surface area contributed by atoms with Gasteiger partial charge < -0.3 is 14.7 Å². The van der Waals surface area contributed by atoms with Crippen LogP contribution in [0.1, 0.15) is 34.6 Å². The average molecular weight is 279 g/mol. The van der Waals surface area contributed by atoms with Gasteiger partial charge in [0.2, 0.25) is 0 Å². The van der Waals surface area contributed by atoms with Crippen molar-refractivity contribution >= 4 is 11.9 Å². The quantitative estimate of drug-likeness (QED) is 0.831. The van der Waals surface area contributed by atoms with Crippen LogP contribution < -0.4 is 0 Å². The molecule has 0 saturated heterocycles. The third kappa shape index (κ3) is 3.36. The molecule has 1 aromatic carbocycles. The molecule has 1 aromatic rings. The third-order valence-corrected chi connectivity index (χ3v) is 3.34. The largest absolute Gasteiger partial charge is 0.465 e. The van der Waals surface area contributed by atoms with Crippen LogP contribution in [0.25, 0.3) is 0 Å².